The summed E-state index contributed by atoms with van der Waals surface area (Å²) in [6, 6.07) is 16.3. The number of hydrogen-bond acceptors (Lipinski definition) is 4. The molecule has 0 aromatic heterocycles. The van der Waals surface area contributed by atoms with Gasteiger partial charge in [0.05, 0.1) is 6.54 Å². The second kappa shape index (κ2) is 10.4. The Labute approximate surface area is 171 Å². The van der Waals surface area contributed by atoms with Crippen molar-refractivity contribution in [2.24, 2.45) is 0 Å². The summed E-state index contributed by atoms with van der Waals surface area (Å²) in [6.45, 7) is 2.74. The summed E-state index contributed by atoms with van der Waals surface area (Å²) in [7, 11) is 1.67. The van der Waals surface area contributed by atoms with Gasteiger partial charge in [-0.1, -0.05) is 42.5 Å². The van der Waals surface area contributed by atoms with Crippen LogP contribution in [0.15, 0.2) is 54.6 Å². The van der Waals surface area contributed by atoms with Crippen molar-refractivity contribution in [3.05, 3.63) is 66.0 Å². The number of amides is 1. The van der Waals surface area contributed by atoms with E-state index in [-0.39, 0.29) is 17.5 Å². The first-order valence-corrected chi connectivity index (χ1v) is 10.1. The maximum atomic E-state index is 13.8. The van der Waals surface area contributed by atoms with Gasteiger partial charge in [-0.05, 0) is 43.5 Å². The Bertz CT molecular complexity index is 787. The molecule has 156 valence electrons. The fourth-order valence-corrected chi connectivity index (χ4v) is 3.62. The summed E-state index contributed by atoms with van der Waals surface area (Å²) in [4.78, 5) is 14.5. The van der Waals surface area contributed by atoms with E-state index in [1.807, 2.05) is 30.3 Å². The van der Waals surface area contributed by atoms with Gasteiger partial charge in [0.25, 0.3) is 0 Å². The standard InChI is InChI=1S/C23H29FN2O3/c1-28-23(18-29-21-11-6-5-10-20(21)24)12-7-14-26(15-13-23)17-22(27)25-16-19-8-3-2-4-9-19/h2-6,8-11H,7,12-18H2,1H3,(H,25,27). The fraction of sp³-hybridized carbons (Fsp3) is 0.435. The minimum atomic E-state index is -0.475. The van der Waals surface area contributed by atoms with Crippen LogP contribution in [0.4, 0.5) is 4.39 Å². The molecule has 1 aliphatic heterocycles. The molecule has 1 unspecified atom stereocenters. The molecule has 6 heteroatoms. The lowest BCUT2D eigenvalue weighted by atomic mass is 9.95. The smallest absolute Gasteiger partial charge is 0.234 e. The van der Waals surface area contributed by atoms with Crippen molar-refractivity contribution >= 4 is 5.91 Å². The Morgan fingerprint density at radius 3 is 2.62 bits per heavy atom. The number of carbonyl (C=O) groups is 1. The predicted octanol–water partition coefficient (Wildman–Crippen LogP) is 3.39. The van der Waals surface area contributed by atoms with Crippen LogP contribution >= 0.6 is 0 Å². The summed E-state index contributed by atoms with van der Waals surface area (Å²) in [6.07, 6.45) is 2.42. The zero-order valence-corrected chi connectivity index (χ0v) is 16.9. The summed E-state index contributed by atoms with van der Waals surface area (Å²) in [5, 5.41) is 2.98. The van der Waals surface area contributed by atoms with Gasteiger partial charge in [-0.3, -0.25) is 9.69 Å². The van der Waals surface area contributed by atoms with Crippen LogP contribution in [0.25, 0.3) is 0 Å². The highest BCUT2D eigenvalue weighted by atomic mass is 19.1. The van der Waals surface area contributed by atoms with Gasteiger partial charge in [-0.15, -0.1) is 0 Å². The molecular formula is C23H29FN2O3. The Kier molecular flexibility index (Phi) is 7.61. The van der Waals surface area contributed by atoms with E-state index in [0.717, 1.165) is 37.9 Å². The van der Waals surface area contributed by atoms with Crippen molar-refractivity contribution in [2.45, 2.75) is 31.4 Å². The molecule has 1 fully saturated rings. The van der Waals surface area contributed by atoms with Crippen molar-refractivity contribution in [2.75, 3.05) is 33.4 Å². The third-order valence-corrected chi connectivity index (χ3v) is 5.45. The summed E-state index contributed by atoms with van der Waals surface area (Å²) >= 11 is 0. The van der Waals surface area contributed by atoms with Gasteiger partial charge in [0.15, 0.2) is 11.6 Å². The first-order chi connectivity index (χ1) is 14.1. The second-order valence-corrected chi connectivity index (χ2v) is 7.50. The van der Waals surface area contributed by atoms with E-state index in [1.165, 1.54) is 6.07 Å². The van der Waals surface area contributed by atoms with Crippen LogP contribution in [0, 0.1) is 5.82 Å². The lowest BCUT2D eigenvalue weighted by molar-refractivity contribution is -0.122. The minimum Gasteiger partial charge on any atom is -0.488 e. The zero-order valence-electron chi connectivity index (χ0n) is 16.9. The van der Waals surface area contributed by atoms with E-state index in [4.69, 9.17) is 9.47 Å². The maximum Gasteiger partial charge on any atom is 0.234 e. The Hall–Kier alpha value is -2.44. The molecule has 1 heterocycles. The quantitative estimate of drug-likeness (QED) is 0.738. The highest BCUT2D eigenvalue weighted by molar-refractivity contribution is 5.78. The van der Waals surface area contributed by atoms with Gasteiger partial charge >= 0.3 is 0 Å². The lowest BCUT2D eigenvalue weighted by Crippen LogP contribution is -2.41. The van der Waals surface area contributed by atoms with Crippen molar-refractivity contribution < 1.29 is 18.7 Å². The maximum absolute atomic E-state index is 13.8. The SMILES string of the molecule is COC1(COc2ccccc2F)CCCN(CC(=O)NCc2ccccc2)CC1. The third kappa shape index (κ3) is 6.27. The fourth-order valence-electron chi connectivity index (χ4n) is 3.62. The average molecular weight is 400 g/mol. The summed E-state index contributed by atoms with van der Waals surface area (Å²) < 4.78 is 25.4. The van der Waals surface area contributed by atoms with Gasteiger partial charge in [0.1, 0.15) is 12.2 Å². The van der Waals surface area contributed by atoms with Crippen LogP contribution in [-0.4, -0.2) is 49.8 Å². The number of halogens is 1. The molecule has 29 heavy (non-hydrogen) atoms. The van der Waals surface area contributed by atoms with Gasteiger partial charge in [0.2, 0.25) is 5.91 Å². The molecule has 1 saturated heterocycles. The summed E-state index contributed by atoms with van der Waals surface area (Å²) in [5.74, 6) is -0.115. The van der Waals surface area contributed by atoms with E-state index in [2.05, 4.69) is 10.2 Å². The number of carbonyl (C=O) groups excluding carboxylic acids is 1. The van der Waals surface area contributed by atoms with E-state index in [0.29, 0.717) is 19.7 Å². The normalized spacial score (nSPS) is 20.1. The number of rotatable bonds is 8. The number of hydrogen-bond donors (Lipinski definition) is 1. The summed E-state index contributed by atoms with van der Waals surface area (Å²) in [5.41, 5.74) is 0.609. The zero-order chi connectivity index (χ0) is 20.5. The highest BCUT2D eigenvalue weighted by Crippen LogP contribution is 2.28. The number of nitrogens with one attached hydrogen (secondary N) is 1. The molecule has 1 N–H and O–H groups in total. The van der Waals surface area contributed by atoms with Crippen molar-refractivity contribution in [1.82, 2.24) is 10.2 Å². The number of para-hydroxylation sites is 1. The number of likely N-dealkylation sites (tertiary alicyclic amines) is 1. The van der Waals surface area contributed by atoms with Crippen LogP contribution < -0.4 is 10.1 Å². The monoisotopic (exact) mass is 400 g/mol. The van der Waals surface area contributed by atoms with Crippen LogP contribution in [-0.2, 0) is 16.1 Å². The van der Waals surface area contributed by atoms with Crippen LogP contribution in [0.2, 0.25) is 0 Å². The van der Waals surface area contributed by atoms with E-state index in [9.17, 15) is 9.18 Å². The molecular weight excluding hydrogens is 371 g/mol. The highest BCUT2D eigenvalue weighted by Gasteiger charge is 2.34. The van der Waals surface area contributed by atoms with Crippen molar-refractivity contribution in [3.63, 3.8) is 0 Å². The molecule has 0 spiro atoms. The first kappa shape index (κ1) is 21.3. The molecule has 1 amide bonds. The molecule has 1 aliphatic rings. The van der Waals surface area contributed by atoms with Crippen molar-refractivity contribution in [3.8, 4) is 5.75 Å². The number of nitrogens with zero attached hydrogens (tertiary/aromatic N) is 1. The van der Waals surface area contributed by atoms with Gasteiger partial charge in [-0.25, -0.2) is 4.39 Å². The molecule has 2 aromatic carbocycles. The average Bonchev–Trinajstić information content (AvgIpc) is 2.95. The Morgan fingerprint density at radius 1 is 1.10 bits per heavy atom. The van der Waals surface area contributed by atoms with Crippen LogP contribution in [0.5, 0.6) is 5.75 Å². The number of ether oxygens (including phenoxy) is 2. The van der Waals surface area contributed by atoms with Crippen LogP contribution in [0.1, 0.15) is 24.8 Å². The molecule has 0 bridgehead atoms. The third-order valence-electron chi connectivity index (χ3n) is 5.45. The van der Waals surface area contributed by atoms with E-state index >= 15 is 0 Å². The van der Waals surface area contributed by atoms with Gasteiger partial charge in [0, 0.05) is 20.2 Å². The second-order valence-electron chi connectivity index (χ2n) is 7.50. The number of benzene rings is 2. The molecule has 0 aliphatic carbocycles. The lowest BCUT2D eigenvalue weighted by Gasteiger charge is -2.31. The van der Waals surface area contributed by atoms with E-state index < -0.39 is 5.60 Å². The largest absolute Gasteiger partial charge is 0.488 e. The molecule has 2 aromatic rings. The topological polar surface area (TPSA) is 50.8 Å². The predicted molar refractivity (Wildman–Crippen MR) is 110 cm³/mol. The molecule has 0 saturated carbocycles. The number of methoxy groups -OCH3 is 1. The molecule has 5 nitrogen and oxygen atoms in total. The Balaban J connectivity index is 1.48. The minimum absolute atomic E-state index is 0.0152. The van der Waals surface area contributed by atoms with Crippen LogP contribution in [0.3, 0.4) is 0 Å². The Morgan fingerprint density at radius 2 is 1.86 bits per heavy atom. The molecule has 0 radical (unpaired) electrons. The molecule has 1 atom stereocenters. The van der Waals surface area contributed by atoms with Crippen molar-refractivity contribution in [1.29, 1.82) is 0 Å². The first-order valence-electron chi connectivity index (χ1n) is 10.1. The van der Waals surface area contributed by atoms with Gasteiger partial charge < -0.3 is 14.8 Å². The van der Waals surface area contributed by atoms with E-state index in [1.54, 1.807) is 25.3 Å². The molecule has 3 rings (SSSR count). The van der Waals surface area contributed by atoms with Gasteiger partial charge in [-0.2, -0.15) is 0 Å².